The Morgan fingerprint density at radius 1 is 0.333 bits per heavy atom. The Hall–Kier alpha value is -2.46. The summed E-state index contributed by atoms with van der Waals surface area (Å²) < 4.78 is 68.4. The highest BCUT2D eigenvalue weighted by Gasteiger charge is 2.30. The molecule has 0 spiro atoms. The maximum atomic E-state index is 13.0. The molecule has 548 valence electrons. The number of unbranched alkanes of at least 4 members (excludes halogenated alkanes) is 35. The van der Waals surface area contributed by atoms with Gasteiger partial charge < -0.3 is 33.8 Å². The molecule has 0 aromatic heterocycles. The van der Waals surface area contributed by atoms with Crippen molar-refractivity contribution in [2.24, 2.45) is 17.8 Å². The molecule has 0 saturated heterocycles. The third-order valence-corrected chi connectivity index (χ3v) is 18.4. The molecule has 93 heavy (non-hydrogen) atoms. The minimum atomic E-state index is -4.96. The third-order valence-electron chi connectivity index (χ3n) is 16.5. The first-order chi connectivity index (χ1) is 44.7. The Bertz CT molecular complexity index is 1910. The van der Waals surface area contributed by atoms with Crippen LogP contribution >= 0.6 is 15.6 Å². The van der Waals surface area contributed by atoms with Crippen LogP contribution in [0.5, 0.6) is 0 Å². The molecule has 0 radical (unpaired) electrons. The zero-order chi connectivity index (χ0) is 68.7. The van der Waals surface area contributed by atoms with E-state index in [2.05, 4.69) is 72.8 Å². The van der Waals surface area contributed by atoms with E-state index in [1.165, 1.54) is 141 Å². The normalized spacial score (nSPS) is 14.3. The van der Waals surface area contributed by atoms with Gasteiger partial charge >= 0.3 is 39.5 Å². The van der Waals surface area contributed by atoms with Crippen LogP contribution in [0, 0.1) is 17.8 Å². The van der Waals surface area contributed by atoms with Gasteiger partial charge in [-0.25, -0.2) is 9.13 Å². The largest absolute Gasteiger partial charge is 0.472 e. The minimum absolute atomic E-state index is 0.0839. The fourth-order valence-corrected chi connectivity index (χ4v) is 12.3. The van der Waals surface area contributed by atoms with E-state index in [1.54, 1.807) is 0 Å². The number of esters is 4. The van der Waals surface area contributed by atoms with Gasteiger partial charge in [0.15, 0.2) is 12.2 Å². The molecular formula is C74H140O17P2. The molecule has 0 heterocycles. The average molecular weight is 1360 g/mol. The van der Waals surface area contributed by atoms with Gasteiger partial charge in [0, 0.05) is 25.7 Å². The van der Waals surface area contributed by atoms with Crippen LogP contribution in [-0.4, -0.2) is 96.7 Å². The van der Waals surface area contributed by atoms with E-state index in [4.69, 9.17) is 37.0 Å². The summed E-state index contributed by atoms with van der Waals surface area (Å²) in [6.07, 6.45) is 52.3. The second-order valence-corrected chi connectivity index (χ2v) is 30.3. The molecule has 0 amide bonds. The van der Waals surface area contributed by atoms with Crippen molar-refractivity contribution >= 4 is 39.5 Å². The number of aliphatic hydroxyl groups is 1. The van der Waals surface area contributed by atoms with Crippen molar-refractivity contribution in [1.29, 1.82) is 0 Å². The van der Waals surface area contributed by atoms with Crippen molar-refractivity contribution in [1.82, 2.24) is 0 Å². The Balaban J connectivity index is 5.27. The van der Waals surface area contributed by atoms with Gasteiger partial charge in [0.1, 0.15) is 19.3 Å². The molecule has 0 aromatic carbocycles. The second kappa shape index (κ2) is 64.2. The first-order valence-electron chi connectivity index (χ1n) is 37.7. The topological polar surface area (TPSA) is 237 Å². The Morgan fingerprint density at radius 2 is 0.581 bits per heavy atom. The van der Waals surface area contributed by atoms with Gasteiger partial charge in [0.2, 0.25) is 0 Å². The summed E-state index contributed by atoms with van der Waals surface area (Å²) in [5, 5.41) is 10.6. The van der Waals surface area contributed by atoms with Crippen LogP contribution in [0.4, 0.5) is 0 Å². The number of aliphatic hydroxyl groups excluding tert-OH is 1. The van der Waals surface area contributed by atoms with Crippen molar-refractivity contribution in [2.75, 3.05) is 39.6 Å². The Kier molecular flexibility index (Phi) is 62.5. The lowest BCUT2D eigenvalue weighted by Crippen LogP contribution is -2.30. The van der Waals surface area contributed by atoms with Gasteiger partial charge in [0.25, 0.3) is 0 Å². The molecule has 0 bridgehead atoms. The molecule has 0 aliphatic carbocycles. The fourth-order valence-electron chi connectivity index (χ4n) is 10.7. The molecule has 3 unspecified atom stereocenters. The van der Waals surface area contributed by atoms with Crippen LogP contribution in [0.25, 0.3) is 0 Å². The number of ether oxygens (including phenoxy) is 4. The molecule has 5 atom stereocenters. The number of phosphoric ester groups is 2. The Labute approximate surface area is 567 Å². The highest BCUT2D eigenvalue weighted by molar-refractivity contribution is 7.47. The number of hydrogen-bond acceptors (Lipinski definition) is 15. The van der Waals surface area contributed by atoms with Crippen molar-refractivity contribution in [2.45, 2.75) is 369 Å². The molecule has 17 nitrogen and oxygen atoms in total. The van der Waals surface area contributed by atoms with Gasteiger partial charge in [-0.05, 0) is 69.1 Å². The first kappa shape index (κ1) is 90.5. The quantitative estimate of drug-likeness (QED) is 0.0169. The van der Waals surface area contributed by atoms with Gasteiger partial charge in [-0.1, -0.05) is 297 Å². The SMILES string of the molecule is CCCCCC/C=C\C=C/CCCCCCCC(=O)O[C@H](COC(=O)CCCCCCCCCC(C)C)COP(=O)(O)OCC(O)COP(=O)(O)OC[C@@H](COC(=O)CCCCCCCCCCC(C)C)OC(=O)CCCCCCCCCCCCCCCCC(C)C. The predicted molar refractivity (Wildman–Crippen MR) is 377 cm³/mol. The zero-order valence-corrected chi connectivity index (χ0v) is 62.0. The van der Waals surface area contributed by atoms with Gasteiger partial charge in [-0.2, -0.15) is 0 Å². The molecule has 0 aliphatic heterocycles. The molecule has 0 aromatic rings. The van der Waals surface area contributed by atoms with Crippen LogP contribution in [0.3, 0.4) is 0 Å². The number of hydrogen-bond donors (Lipinski definition) is 3. The number of rotatable bonds is 70. The van der Waals surface area contributed by atoms with Gasteiger partial charge in [-0.3, -0.25) is 37.3 Å². The molecule has 0 saturated carbocycles. The van der Waals surface area contributed by atoms with Gasteiger partial charge in [-0.15, -0.1) is 0 Å². The van der Waals surface area contributed by atoms with E-state index in [1.807, 2.05) is 0 Å². The summed E-state index contributed by atoms with van der Waals surface area (Å²) in [5.41, 5.74) is 0. The highest BCUT2D eigenvalue weighted by Crippen LogP contribution is 2.45. The number of allylic oxidation sites excluding steroid dienone is 4. The summed E-state index contributed by atoms with van der Waals surface area (Å²) in [5.74, 6) is 0.0671. The maximum absolute atomic E-state index is 13.0. The monoisotopic (exact) mass is 1360 g/mol. The van der Waals surface area contributed by atoms with E-state index in [-0.39, 0.29) is 25.7 Å². The predicted octanol–water partition coefficient (Wildman–Crippen LogP) is 21.0. The summed E-state index contributed by atoms with van der Waals surface area (Å²) in [6, 6.07) is 0. The first-order valence-corrected chi connectivity index (χ1v) is 40.7. The van der Waals surface area contributed by atoms with E-state index in [0.717, 1.165) is 121 Å². The summed E-state index contributed by atoms with van der Waals surface area (Å²) in [7, 11) is -9.92. The molecule has 0 rings (SSSR count). The van der Waals surface area contributed by atoms with Crippen LogP contribution in [0.15, 0.2) is 24.3 Å². The van der Waals surface area contributed by atoms with E-state index < -0.39 is 97.5 Å². The lowest BCUT2D eigenvalue weighted by Gasteiger charge is -2.21. The summed E-state index contributed by atoms with van der Waals surface area (Å²) >= 11 is 0. The van der Waals surface area contributed by atoms with Gasteiger partial charge in [0.05, 0.1) is 26.4 Å². The van der Waals surface area contributed by atoms with Crippen LogP contribution in [0.1, 0.15) is 350 Å². The van der Waals surface area contributed by atoms with Crippen molar-refractivity contribution in [3.63, 3.8) is 0 Å². The minimum Gasteiger partial charge on any atom is -0.462 e. The molecule has 0 fully saturated rings. The van der Waals surface area contributed by atoms with E-state index in [0.29, 0.717) is 31.6 Å². The molecule has 0 aliphatic rings. The van der Waals surface area contributed by atoms with Crippen LogP contribution in [-0.2, 0) is 65.4 Å². The lowest BCUT2D eigenvalue weighted by molar-refractivity contribution is -0.161. The second-order valence-electron chi connectivity index (χ2n) is 27.4. The third kappa shape index (κ3) is 67.9. The molecule has 19 heteroatoms. The number of carbonyl (C=O) groups excluding carboxylic acids is 4. The summed E-state index contributed by atoms with van der Waals surface area (Å²) in [6.45, 7) is 11.7. The van der Waals surface area contributed by atoms with Crippen molar-refractivity contribution in [3.05, 3.63) is 24.3 Å². The standard InChI is InChI=1S/C74H140O17P2/c1-8-9-10-11-12-13-14-15-16-20-23-26-35-43-50-57-74(79)91-70(62-85-72(77)56-49-42-37-30-33-40-47-54-67(6)7)64-89-93(82,83)87-60-68(75)59-86-92(80,81)88-63-69(61-84-71(76)55-48-41-34-29-28-32-39-46-53-66(4)5)90-73(78)58-51-44-36-27-24-21-18-17-19-22-25-31-38-45-52-65(2)3/h13-16,65-70,75H,8-12,17-64H2,1-7H3,(H,80,81)(H,82,83)/b14-13-,16-15-/t68?,69-,70-/m1/s1. The maximum Gasteiger partial charge on any atom is 0.472 e. The van der Waals surface area contributed by atoms with Crippen molar-refractivity contribution in [3.8, 4) is 0 Å². The van der Waals surface area contributed by atoms with E-state index in [9.17, 15) is 43.2 Å². The molecule has 3 N–H and O–H groups in total. The summed E-state index contributed by atoms with van der Waals surface area (Å²) in [4.78, 5) is 72.7. The fraction of sp³-hybridized carbons (Fsp3) is 0.892. The van der Waals surface area contributed by atoms with E-state index >= 15 is 0 Å². The average Bonchev–Trinajstić information content (AvgIpc) is 2.01. The van der Waals surface area contributed by atoms with Crippen molar-refractivity contribution < 1.29 is 80.2 Å². The van der Waals surface area contributed by atoms with Crippen LogP contribution in [0.2, 0.25) is 0 Å². The number of carbonyl (C=O) groups is 4. The lowest BCUT2D eigenvalue weighted by atomic mass is 10.0. The zero-order valence-electron chi connectivity index (χ0n) is 60.2. The smallest absolute Gasteiger partial charge is 0.462 e. The highest BCUT2D eigenvalue weighted by atomic mass is 31.2. The number of phosphoric acid groups is 2. The molecular weight excluding hydrogens is 1220 g/mol. The van der Waals surface area contributed by atoms with Crippen LogP contribution < -0.4 is 0 Å². The Morgan fingerprint density at radius 3 is 0.871 bits per heavy atom.